The monoisotopic (exact) mass is 269 g/mol. The Hall–Kier alpha value is -1.29. The number of nitrogens with one attached hydrogen (secondary N) is 1. The van der Waals surface area contributed by atoms with Crippen molar-refractivity contribution in [2.24, 2.45) is 5.73 Å². The Balaban J connectivity index is 0.00000144. The Morgan fingerprint density at radius 3 is 2.76 bits per heavy atom. The topological polar surface area (TPSA) is 50.9 Å². The molecule has 0 aliphatic carbocycles. The van der Waals surface area contributed by atoms with Gasteiger partial charge in [-0.2, -0.15) is 0 Å². The molecule has 1 aromatic carbocycles. The van der Waals surface area contributed by atoms with Gasteiger partial charge in [-0.05, 0) is 29.8 Å². The van der Waals surface area contributed by atoms with E-state index in [4.69, 9.17) is 17.3 Å². The first-order valence-corrected chi connectivity index (χ1v) is 5.34. The van der Waals surface area contributed by atoms with Gasteiger partial charge in [-0.3, -0.25) is 0 Å². The number of hydrogen-bond donors (Lipinski definition) is 2. The highest BCUT2D eigenvalue weighted by Gasteiger charge is 2.01. The minimum Gasteiger partial charge on any atom is -0.339 e. The second-order valence-corrected chi connectivity index (χ2v) is 3.77. The number of aromatic nitrogens is 1. The molecule has 0 saturated heterocycles. The molecule has 0 aliphatic heterocycles. The highest BCUT2D eigenvalue weighted by Crippen LogP contribution is 2.22. The van der Waals surface area contributed by atoms with E-state index >= 15 is 0 Å². The Morgan fingerprint density at radius 2 is 2.06 bits per heavy atom. The van der Waals surface area contributed by atoms with E-state index in [2.05, 4.69) is 10.3 Å². The first-order chi connectivity index (χ1) is 7.79. The molecule has 0 unspecified atom stereocenters. The molecule has 0 amide bonds. The van der Waals surface area contributed by atoms with Crippen molar-refractivity contribution in [3.8, 4) is 0 Å². The van der Waals surface area contributed by atoms with Crippen LogP contribution in [0, 0.1) is 0 Å². The molecule has 0 radical (unpaired) electrons. The Morgan fingerprint density at radius 1 is 1.24 bits per heavy atom. The van der Waals surface area contributed by atoms with Crippen LogP contribution in [0.25, 0.3) is 0 Å². The predicted octanol–water partition coefficient (Wildman–Crippen LogP) is 3.36. The van der Waals surface area contributed by atoms with Gasteiger partial charge < -0.3 is 11.1 Å². The second kappa shape index (κ2) is 6.45. The fourth-order valence-electron chi connectivity index (χ4n) is 1.39. The van der Waals surface area contributed by atoms with Crippen LogP contribution in [-0.2, 0) is 6.54 Å². The van der Waals surface area contributed by atoms with Gasteiger partial charge >= 0.3 is 0 Å². The molecule has 0 saturated carbocycles. The van der Waals surface area contributed by atoms with Gasteiger partial charge in [0.05, 0.1) is 5.02 Å². The van der Waals surface area contributed by atoms with E-state index in [1.54, 1.807) is 18.3 Å². The van der Waals surface area contributed by atoms with Crippen LogP contribution in [0.2, 0.25) is 5.02 Å². The van der Waals surface area contributed by atoms with Crippen LogP contribution in [0.3, 0.4) is 0 Å². The summed E-state index contributed by atoms with van der Waals surface area (Å²) in [5.74, 6) is 0.651. The summed E-state index contributed by atoms with van der Waals surface area (Å²) in [6.45, 7) is 0.519. The third-order valence-electron chi connectivity index (χ3n) is 2.18. The van der Waals surface area contributed by atoms with Crippen molar-refractivity contribution >= 4 is 35.5 Å². The first kappa shape index (κ1) is 13.8. The van der Waals surface area contributed by atoms with Crippen molar-refractivity contribution < 1.29 is 0 Å². The van der Waals surface area contributed by atoms with Crippen molar-refractivity contribution in [3.05, 3.63) is 53.2 Å². The van der Waals surface area contributed by atoms with Gasteiger partial charge in [0, 0.05) is 18.4 Å². The Labute approximate surface area is 111 Å². The standard InChI is InChI=1S/C12H12ClN3.ClH/c13-11-5-2-6-15-12(11)16-10-4-1-3-9(7-10)8-14;/h1-7H,8,14H2,(H,15,16);1H. The minimum absolute atomic E-state index is 0. The molecule has 0 spiro atoms. The SMILES string of the molecule is Cl.NCc1cccc(Nc2ncccc2Cl)c1. The molecule has 17 heavy (non-hydrogen) atoms. The summed E-state index contributed by atoms with van der Waals surface area (Å²) in [7, 11) is 0. The largest absolute Gasteiger partial charge is 0.339 e. The lowest BCUT2D eigenvalue weighted by atomic mass is 10.2. The maximum atomic E-state index is 6.00. The van der Waals surface area contributed by atoms with Crippen LogP contribution in [-0.4, -0.2) is 4.98 Å². The predicted molar refractivity (Wildman–Crippen MR) is 74.1 cm³/mol. The molecule has 1 aromatic heterocycles. The molecule has 3 nitrogen and oxygen atoms in total. The highest BCUT2D eigenvalue weighted by molar-refractivity contribution is 6.33. The van der Waals surface area contributed by atoms with E-state index < -0.39 is 0 Å². The van der Waals surface area contributed by atoms with E-state index in [9.17, 15) is 0 Å². The van der Waals surface area contributed by atoms with Gasteiger partial charge in [0.2, 0.25) is 0 Å². The third-order valence-corrected chi connectivity index (χ3v) is 2.49. The van der Waals surface area contributed by atoms with Gasteiger partial charge in [0.25, 0.3) is 0 Å². The zero-order valence-corrected chi connectivity index (χ0v) is 10.6. The zero-order valence-electron chi connectivity index (χ0n) is 9.06. The van der Waals surface area contributed by atoms with Gasteiger partial charge in [-0.15, -0.1) is 12.4 Å². The number of rotatable bonds is 3. The van der Waals surface area contributed by atoms with Gasteiger partial charge in [0.15, 0.2) is 0 Å². The van der Waals surface area contributed by atoms with Gasteiger partial charge in [0.1, 0.15) is 5.82 Å². The lowest BCUT2D eigenvalue weighted by Crippen LogP contribution is -1.98. The molecule has 1 heterocycles. The lowest BCUT2D eigenvalue weighted by molar-refractivity contribution is 1.07. The van der Waals surface area contributed by atoms with Crippen molar-refractivity contribution in [1.29, 1.82) is 0 Å². The molecular weight excluding hydrogens is 257 g/mol. The van der Waals surface area contributed by atoms with Crippen molar-refractivity contribution in [1.82, 2.24) is 4.98 Å². The summed E-state index contributed by atoms with van der Waals surface area (Å²) in [5, 5.41) is 3.75. The van der Waals surface area contributed by atoms with Crippen LogP contribution < -0.4 is 11.1 Å². The van der Waals surface area contributed by atoms with Gasteiger partial charge in [-0.25, -0.2) is 4.98 Å². The molecule has 0 aliphatic rings. The normalized spacial score (nSPS) is 9.53. The molecule has 3 N–H and O–H groups in total. The molecular formula is C12H13Cl2N3. The molecule has 0 atom stereocenters. The maximum Gasteiger partial charge on any atom is 0.149 e. The number of nitrogens with zero attached hydrogens (tertiary/aromatic N) is 1. The summed E-state index contributed by atoms with van der Waals surface area (Å²) >= 11 is 6.00. The van der Waals surface area contributed by atoms with Crippen molar-refractivity contribution in [3.63, 3.8) is 0 Å². The highest BCUT2D eigenvalue weighted by atomic mass is 35.5. The number of hydrogen-bond acceptors (Lipinski definition) is 3. The Kier molecular flexibility index (Phi) is 5.22. The quantitative estimate of drug-likeness (QED) is 0.899. The van der Waals surface area contributed by atoms with E-state index in [0.717, 1.165) is 11.3 Å². The lowest BCUT2D eigenvalue weighted by Gasteiger charge is -2.07. The molecule has 0 fully saturated rings. The Bertz CT molecular complexity index is 489. The van der Waals surface area contributed by atoms with Crippen LogP contribution in [0.15, 0.2) is 42.6 Å². The van der Waals surface area contributed by atoms with Crippen LogP contribution in [0.1, 0.15) is 5.56 Å². The summed E-state index contributed by atoms with van der Waals surface area (Å²) in [6.07, 6.45) is 1.70. The van der Waals surface area contributed by atoms with Gasteiger partial charge in [-0.1, -0.05) is 23.7 Å². The first-order valence-electron chi connectivity index (χ1n) is 4.96. The van der Waals surface area contributed by atoms with Crippen molar-refractivity contribution in [2.45, 2.75) is 6.54 Å². The van der Waals surface area contributed by atoms with E-state index in [-0.39, 0.29) is 12.4 Å². The smallest absolute Gasteiger partial charge is 0.149 e. The van der Waals surface area contributed by atoms with E-state index in [1.807, 2.05) is 24.3 Å². The van der Waals surface area contributed by atoms with Crippen LogP contribution in [0.5, 0.6) is 0 Å². The van der Waals surface area contributed by atoms with Crippen LogP contribution in [0.4, 0.5) is 11.5 Å². The summed E-state index contributed by atoms with van der Waals surface area (Å²) < 4.78 is 0. The molecule has 2 aromatic rings. The minimum atomic E-state index is 0. The number of anilines is 2. The maximum absolute atomic E-state index is 6.00. The fraction of sp³-hybridized carbons (Fsp3) is 0.0833. The number of halogens is 2. The van der Waals surface area contributed by atoms with Crippen LogP contribution >= 0.6 is 24.0 Å². The fourth-order valence-corrected chi connectivity index (χ4v) is 1.56. The second-order valence-electron chi connectivity index (χ2n) is 3.36. The summed E-state index contributed by atoms with van der Waals surface area (Å²) in [6, 6.07) is 11.4. The van der Waals surface area contributed by atoms with Crippen molar-refractivity contribution in [2.75, 3.05) is 5.32 Å². The number of nitrogens with two attached hydrogens (primary N) is 1. The van der Waals surface area contributed by atoms with E-state index in [1.165, 1.54) is 0 Å². The molecule has 0 bridgehead atoms. The zero-order chi connectivity index (χ0) is 11.4. The average Bonchev–Trinajstić information content (AvgIpc) is 2.32. The number of benzene rings is 1. The molecule has 5 heteroatoms. The summed E-state index contributed by atoms with van der Waals surface area (Å²) in [4.78, 5) is 4.15. The van der Waals surface area contributed by atoms with E-state index in [0.29, 0.717) is 17.4 Å². The molecule has 2 rings (SSSR count). The molecule has 90 valence electrons. The number of pyridine rings is 1. The summed E-state index contributed by atoms with van der Waals surface area (Å²) in [5.41, 5.74) is 7.57. The average molecular weight is 270 g/mol. The third kappa shape index (κ3) is 3.60.